The number of likely N-dealkylation sites (N-methyl/N-ethyl adjacent to an activating group) is 1. The topological polar surface area (TPSA) is 80.9 Å². The fourth-order valence-electron chi connectivity index (χ4n) is 3.79. The van der Waals surface area contributed by atoms with Crippen molar-refractivity contribution in [3.8, 4) is 0 Å². The van der Waals surface area contributed by atoms with E-state index in [-0.39, 0.29) is 11.9 Å². The molecule has 1 saturated heterocycles. The molecular formula is C15H25N5O. The zero-order valence-electron chi connectivity index (χ0n) is 12.8. The van der Waals surface area contributed by atoms with Gasteiger partial charge in [0.05, 0.1) is 12.6 Å². The quantitative estimate of drug-likeness (QED) is 0.591. The van der Waals surface area contributed by atoms with Crippen molar-refractivity contribution >= 4 is 24.8 Å². The molecule has 4 unspecified atom stereocenters. The molecule has 1 heterocycles. The average Bonchev–Trinajstić information content (AvgIpc) is 2.88. The van der Waals surface area contributed by atoms with Crippen LogP contribution in [0.1, 0.15) is 32.6 Å². The first-order chi connectivity index (χ1) is 10.2. The highest BCUT2D eigenvalue weighted by Crippen LogP contribution is 2.38. The normalized spacial score (nSPS) is 33.6. The highest BCUT2D eigenvalue weighted by molar-refractivity contribution is 5.86. The van der Waals surface area contributed by atoms with Gasteiger partial charge in [-0.2, -0.15) is 0 Å². The number of fused-ring (bicyclic) bond motifs is 1. The summed E-state index contributed by atoms with van der Waals surface area (Å²) in [5, 5.41) is 9.98. The third kappa shape index (κ3) is 3.56. The molecule has 6 nitrogen and oxygen atoms in total. The fourth-order valence-corrected chi connectivity index (χ4v) is 3.79. The summed E-state index contributed by atoms with van der Waals surface area (Å²) in [6.45, 7) is 2.69. The number of aliphatic imine (C=N–C) groups is 2. The maximum atomic E-state index is 12.8. The van der Waals surface area contributed by atoms with Gasteiger partial charge in [0.1, 0.15) is 12.7 Å². The molecule has 0 aromatic carbocycles. The van der Waals surface area contributed by atoms with Crippen LogP contribution in [0.4, 0.5) is 0 Å². The van der Waals surface area contributed by atoms with Crippen LogP contribution in [-0.2, 0) is 4.79 Å². The molecule has 1 aliphatic carbocycles. The maximum absolute atomic E-state index is 12.8. The van der Waals surface area contributed by atoms with Crippen molar-refractivity contribution in [2.75, 3.05) is 13.6 Å². The molecule has 0 spiro atoms. The van der Waals surface area contributed by atoms with Gasteiger partial charge in [-0.05, 0) is 38.1 Å². The van der Waals surface area contributed by atoms with Gasteiger partial charge in [0.25, 0.3) is 0 Å². The zero-order valence-corrected chi connectivity index (χ0v) is 12.8. The summed E-state index contributed by atoms with van der Waals surface area (Å²) in [5.74, 6) is 1.18. The van der Waals surface area contributed by atoms with Crippen molar-refractivity contribution in [2.45, 2.75) is 44.7 Å². The van der Waals surface area contributed by atoms with E-state index in [9.17, 15) is 4.79 Å². The van der Waals surface area contributed by atoms with Crippen molar-refractivity contribution in [2.24, 2.45) is 21.8 Å². The van der Waals surface area contributed by atoms with Crippen molar-refractivity contribution in [1.82, 2.24) is 10.2 Å². The molecule has 2 aliphatic rings. The van der Waals surface area contributed by atoms with Gasteiger partial charge in [0.15, 0.2) is 0 Å². The standard InChI is InChI=1S/C15H25N5O/c1-11-8-12-4-3-5-13(12)20(15(21)14(11)17-2)7-6-18-10-19-9-16/h6,9-14,16-17H,3-5,7-8H2,1-2H3. The molecule has 4 atom stereocenters. The molecule has 2 rings (SSSR count). The van der Waals surface area contributed by atoms with Crippen LogP contribution < -0.4 is 5.32 Å². The van der Waals surface area contributed by atoms with Crippen molar-refractivity contribution in [1.29, 1.82) is 5.41 Å². The summed E-state index contributed by atoms with van der Waals surface area (Å²) in [6, 6.07) is 0.253. The minimum atomic E-state index is -0.0979. The molecule has 0 bridgehead atoms. The summed E-state index contributed by atoms with van der Waals surface area (Å²) in [7, 11) is 1.86. The van der Waals surface area contributed by atoms with E-state index in [1.807, 2.05) is 11.9 Å². The van der Waals surface area contributed by atoms with Gasteiger partial charge in [0, 0.05) is 12.3 Å². The molecule has 0 aromatic rings. The number of amides is 1. The Morgan fingerprint density at radius 1 is 1.43 bits per heavy atom. The Kier molecular flexibility index (Phi) is 5.61. The van der Waals surface area contributed by atoms with E-state index in [0.29, 0.717) is 24.4 Å². The van der Waals surface area contributed by atoms with E-state index < -0.39 is 0 Å². The summed E-state index contributed by atoms with van der Waals surface area (Å²) in [5.41, 5.74) is 0. The van der Waals surface area contributed by atoms with Gasteiger partial charge in [-0.1, -0.05) is 13.3 Å². The van der Waals surface area contributed by atoms with Crippen LogP contribution in [0.15, 0.2) is 9.98 Å². The van der Waals surface area contributed by atoms with E-state index in [1.54, 1.807) is 6.21 Å². The predicted octanol–water partition coefficient (Wildman–Crippen LogP) is 1.32. The summed E-state index contributed by atoms with van der Waals surface area (Å²) < 4.78 is 0. The second-order valence-corrected chi connectivity index (χ2v) is 5.95. The largest absolute Gasteiger partial charge is 0.333 e. The Bertz CT molecular complexity index is 434. The lowest BCUT2D eigenvalue weighted by molar-refractivity contribution is -0.135. The Hall–Kier alpha value is -1.56. The molecule has 1 saturated carbocycles. The SMILES string of the molecule is CNC1C(=O)N(CC=NC=NC=N)C2CCCC2CC1C. The Balaban J connectivity index is 2.13. The van der Waals surface area contributed by atoms with Gasteiger partial charge in [-0.3, -0.25) is 10.2 Å². The molecule has 2 N–H and O–H groups in total. The molecule has 0 aromatic heterocycles. The highest BCUT2D eigenvalue weighted by Gasteiger charge is 2.42. The minimum absolute atomic E-state index is 0.0979. The molecule has 21 heavy (non-hydrogen) atoms. The Morgan fingerprint density at radius 2 is 2.24 bits per heavy atom. The summed E-state index contributed by atoms with van der Waals surface area (Å²) in [6.07, 6.45) is 8.64. The first-order valence-corrected chi connectivity index (χ1v) is 7.69. The Labute approximate surface area is 126 Å². The Morgan fingerprint density at radius 3 is 2.95 bits per heavy atom. The van der Waals surface area contributed by atoms with E-state index in [2.05, 4.69) is 22.2 Å². The van der Waals surface area contributed by atoms with Crippen molar-refractivity contribution < 1.29 is 4.79 Å². The lowest BCUT2D eigenvalue weighted by atomic mass is 9.90. The average molecular weight is 291 g/mol. The number of rotatable bonds is 5. The first kappa shape index (κ1) is 15.8. The number of hydrogen-bond acceptors (Lipinski definition) is 3. The third-order valence-corrected chi connectivity index (χ3v) is 4.71. The molecule has 0 radical (unpaired) electrons. The number of carbonyl (C=O) groups excluding carboxylic acids is 1. The lowest BCUT2D eigenvalue weighted by Crippen LogP contribution is -2.50. The van der Waals surface area contributed by atoms with Gasteiger partial charge in [-0.15, -0.1) is 0 Å². The van der Waals surface area contributed by atoms with Crippen LogP contribution in [0.2, 0.25) is 0 Å². The van der Waals surface area contributed by atoms with Crippen molar-refractivity contribution in [3.63, 3.8) is 0 Å². The van der Waals surface area contributed by atoms with Crippen LogP contribution in [0.3, 0.4) is 0 Å². The first-order valence-electron chi connectivity index (χ1n) is 7.69. The third-order valence-electron chi connectivity index (χ3n) is 4.71. The fraction of sp³-hybridized carbons (Fsp3) is 0.733. The summed E-state index contributed by atoms with van der Waals surface area (Å²) in [4.78, 5) is 22.4. The van der Waals surface area contributed by atoms with Gasteiger partial charge in [0.2, 0.25) is 5.91 Å². The van der Waals surface area contributed by atoms with Crippen molar-refractivity contribution in [3.05, 3.63) is 0 Å². The van der Waals surface area contributed by atoms with E-state index >= 15 is 0 Å². The van der Waals surface area contributed by atoms with E-state index in [0.717, 1.165) is 19.2 Å². The van der Waals surface area contributed by atoms with Gasteiger partial charge >= 0.3 is 0 Å². The number of nitrogens with zero attached hydrogens (tertiary/aromatic N) is 3. The number of carbonyl (C=O) groups is 1. The molecule has 6 heteroatoms. The number of likely N-dealkylation sites (tertiary alicyclic amines) is 1. The molecule has 2 fully saturated rings. The highest BCUT2D eigenvalue weighted by atomic mass is 16.2. The van der Waals surface area contributed by atoms with Gasteiger partial charge < -0.3 is 10.2 Å². The van der Waals surface area contributed by atoms with Crippen LogP contribution in [0, 0.1) is 17.2 Å². The zero-order chi connectivity index (χ0) is 15.2. The van der Waals surface area contributed by atoms with Gasteiger partial charge in [-0.25, -0.2) is 9.98 Å². The lowest BCUT2D eigenvalue weighted by Gasteiger charge is -2.31. The van der Waals surface area contributed by atoms with Crippen LogP contribution in [0.5, 0.6) is 0 Å². The monoisotopic (exact) mass is 291 g/mol. The smallest absolute Gasteiger partial charge is 0.240 e. The van der Waals surface area contributed by atoms with E-state index in [1.165, 1.54) is 19.2 Å². The van der Waals surface area contributed by atoms with Crippen LogP contribution in [-0.4, -0.2) is 55.4 Å². The minimum Gasteiger partial charge on any atom is -0.333 e. The predicted molar refractivity (Wildman–Crippen MR) is 85.2 cm³/mol. The maximum Gasteiger partial charge on any atom is 0.240 e. The second-order valence-electron chi connectivity index (χ2n) is 5.95. The van der Waals surface area contributed by atoms with E-state index in [4.69, 9.17) is 5.41 Å². The number of nitrogens with one attached hydrogen (secondary N) is 2. The molecule has 116 valence electrons. The van der Waals surface area contributed by atoms with Crippen LogP contribution in [0.25, 0.3) is 0 Å². The molecule has 1 aliphatic heterocycles. The number of hydrogen-bond donors (Lipinski definition) is 2. The van der Waals surface area contributed by atoms with Crippen LogP contribution >= 0.6 is 0 Å². The molecular weight excluding hydrogens is 266 g/mol. The summed E-state index contributed by atoms with van der Waals surface area (Å²) >= 11 is 0. The second kappa shape index (κ2) is 7.45. The molecule has 1 amide bonds.